The van der Waals surface area contributed by atoms with Gasteiger partial charge in [0.15, 0.2) is 6.10 Å². The molecule has 1 aliphatic heterocycles. The molecule has 0 spiro atoms. The predicted molar refractivity (Wildman–Crippen MR) is 88.5 cm³/mol. The zero-order valence-electron chi connectivity index (χ0n) is 13.6. The van der Waals surface area contributed by atoms with Gasteiger partial charge in [0.2, 0.25) is 5.95 Å². The van der Waals surface area contributed by atoms with Crippen LogP contribution in [0.15, 0.2) is 42.7 Å². The van der Waals surface area contributed by atoms with Crippen molar-refractivity contribution in [3.05, 3.63) is 42.7 Å². The number of anilines is 1. The number of hydrogen-bond donors (Lipinski definition) is 0. The van der Waals surface area contributed by atoms with Crippen LogP contribution in [0.3, 0.4) is 0 Å². The SMILES string of the molecule is CC(Oc1ccccc1)C(=O)N1CCN(c2nccn2C)CC1. The summed E-state index contributed by atoms with van der Waals surface area (Å²) < 4.78 is 7.72. The summed E-state index contributed by atoms with van der Waals surface area (Å²) >= 11 is 0. The van der Waals surface area contributed by atoms with Gasteiger partial charge >= 0.3 is 0 Å². The van der Waals surface area contributed by atoms with Gasteiger partial charge in [-0.1, -0.05) is 18.2 Å². The maximum atomic E-state index is 12.5. The summed E-state index contributed by atoms with van der Waals surface area (Å²) in [6.45, 7) is 4.76. The summed E-state index contributed by atoms with van der Waals surface area (Å²) in [5.41, 5.74) is 0. The molecule has 1 amide bonds. The Kier molecular flexibility index (Phi) is 4.50. The van der Waals surface area contributed by atoms with Crippen molar-refractivity contribution in [3.8, 4) is 5.75 Å². The Morgan fingerprint density at radius 1 is 1.17 bits per heavy atom. The number of benzene rings is 1. The highest BCUT2D eigenvalue weighted by Gasteiger charge is 2.27. The fourth-order valence-corrected chi connectivity index (χ4v) is 2.80. The molecule has 0 bridgehead atoms. The molecule has 1 aliphatic rings. The van der Waals surface area contributed by atoms with Crippen LogP contribution in [-0.4, -0.2) is 52.6 Å². The lowest BCUT2D eigenvalue weighted by Crippen LogP contribution is -2.52. The molecule has 0 saturated carbocycles. The molecule has 2 heterocycles. The van der Waals surface area contributed by atoms with E-state index in [9.17, 15) is 4.79 Å². The highest BCUT2D eigenvalue weighted by Crippen LogP contribution is 2.15. The van der Waals surface area contributed by atoms with Crippen molar-refractivity contribution in [1.82, 2.24) is 14.5 Å². The Morgan fingerprint density at radius 2 is 1.87 bits per heavy atom. The van der Waals surface area contributed by atoms with Crippen LogP contribution in [0.4, 0.5) is 5.95 Å². The minimum absolute atomic E-state index is 0.0355. The number of carbonyl (C=O) groups excluding carboxylic acids is 1. The third-order valence-electron chi connectivity index (χ3n) is 4.07. The van der Waals surface area contributed by atoms with Crippen LogP contribution < -0.4 is 9.64 Å². The average Bonchev–Trinajstić information content (AvgIpc) is 3.01. The van der Waals surface area contributed by atoms with E-state index in [1.54, 1.807) is 13.1 Å². The third kappa shape index (κ3) is 3.47. The second-order valence-electron chi connectivity index (χ2n) is 5.72. The van der Waals surface area contributed by atoms with Crippen molar-refractivity contribution in [3.63, 3.8) is 0 Å². The molecular formula is C17H22N4O2. The number of para-hydroxylation sites is 1. The van der Waals surface area contributed by atoms with Gasteiger partial charge in [-0.05, 0) is 19.1 Å². The van der Waals surface area contributed by atoms with Gasteiger partial charge in [0.05, 0.1) is 0 Å². The second kappa shape index (κ2) is 6.73. The van der Waals surface area contributed by atoms with Crippen LogP contribution in [-0.2, 0) is 11.8 Å². The van der Waals surface area contributed by atoms with Gasteiger partial charge in [-0.2, -0.15) is 0 Å². The molecule has 0 N–H and O–H groups in total. The fourth-order valence-electron chi connectivity index (χ4n) is 2.80. The van der Waals surface area contributed by atoms with E-state index in [-0.39, 0.29) is 5.91 Å². The van der Waals surface area contributed by atoms with Gasteiger partial charge in [0, 0.05) is 45.6 Å². The van der Waals surface area contributed by atoms with Crippen LogP contribution in [0.25, 0.3) is 0 Å². The van der Waals surface area contributed by atoms with E-state index in [1.165, 1.54) is 0 Å². The minimum Gasteiger partial charge on any atom is -0.481 e. The van der Waals surface area contributed by atoms with E-state index >= 15 is 0 Å². The molecule has 1 atom stereocenters. The molecule has 6 heteroatoms. The molecule has 1 aromatic heterocycles. The van der Waals surface area contributed by atoms with Gasteiger partial charge in [-0.25, -0.2) is 4.98 Å². The lowest BCUT2D eigenvalue weighted by Gasteiger charge is -2.36. The Balaban J connectivity index is 1.55. The Morgan fingerprint density at radius 3 is 2.48 bits per heavy atom. The summed E-state index contributed by atoms with van der Waals surface area (Å²) in [7, 11) is 1.98. The molecule has 6 nitrogen and oxygen atoms in total. The molecule has 23 heavy (non-hydrogen) atoms. The van der Waals surface area contributed by atoms with E-state index in [2.05, 4.69) is 9.88 Å². The Hall–Kier alpha value is -2.50. The number of piperazine rings is 1. The van der Waals surface area contributed by atoms with Crippen LogP contribution in [0, 0.1) is 0 Å². The smallest absolute Gasteiger partial charge is 0.263 e. The van der Waals surface area contributed by atoms with E-state index in [4.69, 9.17) is 4.74 Å². The molecule has 0 aliphatic carbocycles. The zero-order valence-corrected chi connectivity index (χ0v) is 13.6. The number of imidazole rings is 1. The van der Waals surface area contributed by atoms with Gasteiger partial charge in [-0.15, -0.1) is 0 Å². The number of rotatable bonds is 4. The van der Waals surface area contributed by atoms with Crippen molar-refractivity contribution in [2.45, 2.75) is 13.0 Å². The average molecular weight is 314 g/mol. The first-order valence-corrected chi connectivity index (χ1v) is 7.88. The zero-order chi connectivity index (χ0) is 16.2. The van der Waals surface area contributed by atoms with Gasteiger partial charge < -0.3 is 19.1 Å². The van der Waals surface area contributed by atoms with Gasteiger partial charge in [0.25, 0.3) is 5.91 Å². The Labute approximate surface area is 136 Å². The van der Waals surface area contributed by atoms with E-state index in [0.717, 1.165) is 24.8 Å². The lowest BCUT2D eigenvalue weighted by atomic mass is 10.2. The highest BCUT2D eigenvalue weighted by molar-refractivity contribution is 5.81. The van der Waals surface area contributed by atoms with E-state index < -0.39 is 6.10 Å². The monoisotopic (exact) mass is 314 g/mol. The normalized spacial score (nSPS) is 16.3. The van der Waals surface area contributed by atoms with Crippen LogP contribution in [0.1, 0.15) is 6.92 Å². The van der Waals surface area contributed by atoms with Gasteiger partial charge in [-0.3, -0.25) is 4.79 Å². The number of hydrogen-bond acceptors (Lipinski definition) is 4. The summed E-state index contributed by atoms with van der Waals surface area (Å²) in [5.74, 6) is 1.71. The standard InChI is InChI=1S/C17H22N4O2/c1-14(23-15-6-4-3-5-7-15)16(22)20-10-12-21(13-11-20)17-18-8-9-19(17)2/h3-9,14H,10-13H2,1-2H3. The lowest BCUT2D eigenvalue weighted by molar-refractivity contribution is -0.138. The van der Waals surface area contributed by atoms with Crippen molar-refractivity contribution in [2.75, 3.05) is 31.1 Å². The molecule has 1 saturated heterocycles. The van der Waals surface area contributed by atoms with E-state index in [0.29, 0.717) is 13.1 Å². The molecule has 122 valence electrons. The van der Waals surface area contributed by atoms with E-state index in [1.807, 2.05) is 53.0 Å². The predicted octanol–water partition coefficient (Wildman–Crippen LogP) is 1.54. The molecule has 1 fully saturated rings. The first kappa shape index (κ1) is 15.4. The number of ether oxygens (including phenoxy) is 1. The van der Waals surface area contributed by atoms with Crippen molar-refractivity contribution in [2.24, 2.45) is 7.05 Å². The van der Waals surface area contributed by atoms with Gasteiger partial charge in [0.1, 0.15) is 5.75 Å². The highest BCUT2D eigenvalue weighted by atomic mass is 16.5. The molecule has 1 unspecified atom stereocenters. The topological polar surface area (TPSA) is 50.6 Å². The molecular weight excluding hydrogens is 292 g/mol. The summed E-state index contributed by atoms with van der Waals surface area (Å²) in [6, 6.07) is 9.46. The Bertz CT molecular complexity index is 648. The number of amides is 1. The summed E-state index contributed by atoms with van der Waals surface area (Å²) in [4.78, 5) is 21.0. The summed E-state index contributed by atoms with van der Waals surface area (Å²) in [5, 5.41) is 0. The quantitative estimate of drug-likeness (QED) is 0.859. The van der Waals surface area contributed by atoms with Crippen molar-refractivity contribution < 1.29 is 9.53 Å². The third-order valence-corrected chi connectivity index (χ3v) is 4.07. The first-order valence-electron chi connectivity index (χ1n) is 7.88. The van der Waals surface area contributed by atoms with Crippen molar-refractivity contribution in [1.29, 1.82) is 0 Å². The fraction of sp³-hybridized carbons (Fsp3) is 0.412. The molecule has 1 aromatic carbocycles. The minimum atomic E-state index is -0.475. The van der Waals surface area contributed by atoms with Crippen molar-refractivity contribution >= 4 is 11.9 Å². The number of carbonyl (C=O) groups is 1. The maximum absolute atomic E-state index is 12.5. The number of aryl methyl sites for hydroxylation is 1. The number of nitrogens with zero attached hydrogens (tertiary/aromatic N) is 4. The second-order valence-corrected chi connectivity index (χ2v) is 5.72. The molecule has 0 radical (unpaired) electrons. The molecule has 3 rings (SSSR count). The van der Waals surface area contributed by atoms with Crippen LogP contribution in [0.5, 0.6) is 5.75 Å². The van der Waals surface area contributed by atoms with Crippen LogP contribution >= 0.6 is 0 Å². The summed E-state index contributed by atoms with van der Waals surface area (Å²) in [6.07, 6.45) is 3.25. The molecule has 2 aromatic rings. The van der Waals surface area contributed by atoms with Crippen LogP contribution in [0.2, 0.25) is 0 Å². The largest absolute Gasteiger partial charge is 0.481 e. The number of aromatic nitrogens is 2. The first-order chi connectivity index (χ1) is 11.1. The maximum Gasteiger partial charge on any atom is 0.263 e.